The second-order valence-electron chi connectivity index (χ2n) is 5.41. The third-order valence-corrected chi connectivity index (χ3v) is 4.07. The van der Waals surface area contributed by atoms with Crippen molar-refractivity contribution in [3.63, 3.8) is 0 Å². The van der Waals surface area contributed by atoms with E-state index in [1.807, 2.05) is 50.2 Å². The largest absolute Gasteiger partial charge is 0.389 e. The number of pyridine rings is 1. The minimum atomic E-state index is -0.665. The van der Waals surface area contributed by atoms with Crippen molar-refractivity contribution in [1.29, 1.82) is 0 Å². The zero-order valence-electron chi connectivity index (χ0n) is 12.8. The molecule has 1 unspecified atom stereocenters. The molecular formula is C18H24N2O. The molecule has 0 spiro atoms. The molecule has 0 saturated heterocycles. The summed E-state index contributed by atoms with van der Waals surface area (Å²) in [5.74, 6) is 0. The lowest BCUT2D eigenvalue weighted by Crippen LogP contribution is -2.41. The molecule has 0 amide bonds. The van der Waals surface area contributed by atoms with E-state index in [2.05, 4.69) is 22.4 Å². The maximum atomic E-state index is 10.5. The maximum Gasteiger partial charge on any atom is 0.0766 e. The van der Waals surface area contributed by atoms with Crippen LogP contribution in [0.4, 0.5) is 0 Å². The fourth-order valence-electron chi connectivity index (χ4n) is 2.38. The van der Waals surface area contributed by atoms with E-state index < -0.39 is 5.60 Å². The van der Waals surface area contributed by atoms with Gasteiger partial charge in [0.1, 0.15) is 0 Å². The van der Waals surface area contributed by atoms with Gasteiger partial charge in [-0.05, 0) is 30.5 Å². The summed E-state index contributed by atoms with van der Waals surface area (Å²) < 4.78 is 0. The molecular weight excluding hydrogens is 260 g/mol. The van der Waals surface area contributed by atoms with E-state index in [1.165, 1.54) is 0 Å². The minimum Gasteiger partial charge on any atom is -0.389 e. The first kappa shape index (κ1) is 15.7. The Labute approximate surface area is 127 Å². The minimum absolute atomic E-state index is 0.00275. The van der Waals surface area contributed by atoms with Crippen molar-refractivity contribution < 1.29 is 5.11 Å². The molecule has 3 nitrogen and oxygen atoms in total. The van der Waals surface area contributed by atoms with Gasteiger partial charge in [0.25, 0.3) is 0 Å². The number of hydrogen-bond donors (Lipinski definition) is 2. The van der Waals surface area contributed by atoms with E-state index in [4.69, 9.17) is 0 Å². The van der Waals surface area contributed by atoms with Crippen molar-refractivity contribution in [3.8, 4) is 0 Å². The number of rotatable bonds is 7. The lowest BCUT2D eigenvalue weighted by molar-refractivity contribution is 0.0308. The van der Waals surface area contributed by atoms with Crippen LogP contribution in [0.25, 0.3) is 0 Å². The molecule has 0 aliphatic rings. The summed E-state index contributed by atoms with van der Waals surface area (Å²) in [5, 5.41) is 14.0. The average Bonchev–Trinajstić information content (AvgIpc) is 2.57. The summed E-state index contributed by atoms with van der Waals surface area (Å²) >= 11 is 0. The number of aliphatic hydroxyl groups is 1. The topological polar surface area (TPSA) is 45.1 Å². The van der Waals surface area contributed by atoms with Gasteiger partial charge in [0.05, 0.1) is 17.3 Å². The molecule has 0 bridgehead atoms. The molecule has 21 heavy (non-hydrogen) atoms. The number of aromatic nitrogens is 1. The lowest BCUT2D eigenvalue weighted by atomic mass is 9.95. The molecule has 1 aromatic heterocycles. The predicted molar refractivity (Wildman–Crippen MR) is 86.1 cm³/mol. The van der Waals surface area contributed by atoms with Crippen molar-refractivity contribution in [2.45, 2.75) is 38.3 Å². The first-order chi connectivity index (χ1) is 10.2. The van der Waals surface area contributed by atoms with Crippen LogP contribution in [0.15, 0.2) is 54.7 Å². The van der Waals surface area contributed by atoms with Crippen LogP contribution in [0.2, 0.25) is 0 Å². The lowest BCUT2D eigenvalue weighted by Gasteiger charge is -2.29. The third kappa shape index (κ3) is 4.13. The van der Waals surface area contributed by atoms with E-state index in [0.717, 1.165) is 24.1 Å². The quantitative estimate of drug-likeness (QED) is 0.820. The molecule has 2 rings (SSSR count). The Morgan fingerprint density at radius 3 is 2.29 bits per heavy atom. The Morgan fingerprint density at radius 1 is 1.05 bits per heavy atom. The molecule has 3 heteroatoms. The van der Waals surface area contributed by atoms with E-state index in [0.29, 0.717) is 6.54 Å². The summed E-state index contributed by atoms with van der Waals surface area (Å²) in [6, 6.07) is 16.2. The van der Waals surface area contributed by atoms with E-state index >= 15 is 0 Å². The highest BCUT2D eigenvalue weighted by atomic mass is 16.3. The number of nitrogens with one attached hydrogen (secondary N) is 1. The molecule has 0 radical (unpaired) electrons. The van der Waals surface area contributed by atoms with Gasteiger partial charge >= 0.3 is 0 Å². The molecule has 2 aromatic rings. The Bertz CT molecular complexity index is 484. The standard InChI is InChI=1S/C18H24N2O/c1-3-18(21,4-2)14-20-17(15-10-6-5-7-11-15)16-12-8-9-13-19-16/h5-13,17,20-21H,3-4,14H2,1-2H3. The summed E-state index contributed by atoms with van der Waals surface area (Å²) in [7, 11) is 0. The Kier molecular flexibility index (Phi) is 5.48. The summed E-state index contributed by atoms with van der Waals surface area (Å²) in [6.45, 7) is 4.59. The fraction of sp³-hybridized carbons (Fsp3) is 0.389. The second kappa shape index (κ2) is 7.34. The van der Waals surface area contributed by atoms with Crippen LogP contribution in [-0.4, -0.2) is 22.2 Å². The summed E-state index contributed by atoms with van der Waals surface area (Å²) in [5.41, 5.74) is 1.46. The molecule has 0 saturated carbocycles. The number of nitrogens with zero attached hydrogens (tertiary/aromatic N) is 1. The SMILES string of the molecule is CCC(O)(CC)CNC(c1ccccc1)c1ccccn1. The summed E-state index contributed by atoms with van der Waals surface area (Å²) in [6.07, 6.45) is 3.28. The Balaban J connectivity index is 2.22. The highest BCUT2D eigenvalue weighted by Crippen LogP contribution is 2.22. The Morgan fingerprint density at radius 2 is 1.71 bits per heavy atom. The van der Waals surface area contributed by atoms with Gasteiger partial charge in [-0.1, -0.05) is 50.2 Å². The fourth-order valence-corrected chi connectivity index (χ4v) is 2.38. The van der Waals surface area contributed by atoms with E-state index in [-0.39, 0.29) is 6.04 Å². The molecule has 1 atom stereocenters. The molecule has 0 aliphatic carbocycles. The van der Waals surface area contributed by atoms with Gasteiger partial charge in [-0.2, -0.15) is 0 Å². The molecule has 0 fully saturated rings. The number of benzene rings is 1. The van der Waals surface area contributed by atoms with Gasteiger partial charge in [0.15, 0.2) is 0 Å². The van der Waals surface area contributed by atoms with E-state index in [9.17, 15) is 5.11 Å². The van der Waals surface area contributed by atoms with Crippen LogP contribution >= 0.6 is 0 Å². The molecule has 112 valence electrons. The van der Waals surface area contributed by atoms with Gasteiger partial charge in [-0.15, -0.1) is 0 Å². The van der Waals surface area contributed by atoms with Crippen molar-refractivity contribution in [1.82, 2.24) is 10.3 Å². The van der Waals surface area contributed by atoms with Gasteiger partial charge in [0.2, 0.25) is 0 Å². The molecule has 1 heterocycles. The second-order valence-corrected chi connectivity index (χ2v) is 5.41. The van der Waals surface area contributed by atoms with E-state index in [1.54, 1.807) is 6.20 Å². The molecule has 1 aromatic carbocycles. The normalized spacial score (nSPS) is 13.1. The Hall–Kier alpha value is -1.71. The zero-order chi connectivity index (χ0) is 15.1. The van der Waals surface area contributed by atoms with Gasteiger partial charge in [0, 0.05) is 12.7 Å². The first-order valence-corrected chi connectivity index (χ1v) is 7.60. The number of hydrogen-bond acceptors (Lipinski definition) is 3. The van der Waals surface area contributed by atoms with Gasteiger partial charge < -0.3 is 10.4 Å². The maximum absolute atomic E-state index is 10.5. The van der Waals surface area contributed by atoms with Crippen LogP contribution in [0.3, 0.4) is 0 Å². The van der Waals surface area contributed by atoms with Crippen molar-refractivity contribution in [2.24, 2.45) is 0 Å². The zero-order valence-corrected chi connectivity index (χ0v) is 12.8. The van der Waals surface area contributed by atoms with Crippen LogP contribution < -0.4 is 5.32 Å². The third-order valence-electron chi connectivity index (χ3n) is 4.07. The van der Waals surface area contributed by atoms with Crippen LogP contribution in [0.1, 0.15) is 44.0 Å². The van der Waals surface area contributed by atoms with Gasteiger partial charge in [-0.25, -0.2) is 0 Å². The first-order valence-electron chi connectivity index (χ1n) is 7.60. The van der Waals surface area contributed by atoms with Crippen LogP contribution in [0, 0.1) is 0 Å². The molecule has 2 N–H and O–H groups in total. The monoisotopic (exact) mass is 284 g/mol. The highest BCUT2D eigenvalue weighted by Gasteiger charge is 2.24. The van der Waals surface area contributed by atoms with Crippen LogP contribution in [-0.2, 0) is 0 Å². The smallest absolute Gasteiger partial charge is 0.0766 e. The molecule has 0 aliphatic heterocycles. The van der Waals surface area contributed by atoms with Crippen molar-refractivity contribution in [2.75, 3.05) is 6.54 Å². The van der Waals surface area contributed by atoms with Crippen molar-refractivity contribution in [3.05, 3.63) is 66.0 Å². The van der Waals surface area contributed by atoms with Gasteiger partial charge in [-0.3, -0.25) is 4.98 Å². The van der Waals surface area contributed by atoms with Crippen LogP contribution in [0.5, 0.6) is 0 Å². The highest BCUT2D eigenvalue weighted by molar-refractivity contribution is 5.27. The average molecular weight is 284 g/mol. The summed E-state index contributed by atoms with van der Waals surface area (Å²) in [4.78, 5) is 4.46. The predicted octanol–water partition coefficient (Wildman–Crippen LogP) is 3.31. The van der Waals surface area contributed by atoms with Crippen molar-refractivity contribution >= 4 is 0 Å².